The van der Waals surface area contributed by atoms with Gasteiger partial charge in [0, 0.05) is 12.3 Å². The van der Waals surface area contributed by atoms with Crippen molar-refractivity contribution in [3.63, 3.8) is 0 Å². The molecule has 8 N–H and O–H groups in total. The van der Waals surface area contributed by atoms with Crippen molar-refractivity contribution in [2.45, 2.75) is 12.2 Å². The molecule has 0 aliphatic carbocycles. The topological polar surface area (TPSA) is 173 Å². The van der Waals surface area contributed by atoms with Crippen LogP contribution in [0.5, 0.6) is 0 Å². The fraction of sp³-hybridized carbons (Fsp3) is 0.667. The summed E-state index contributed by atoms with van der Waals surface area (Å²) in [7, 11) is 0. The van der Waals surface area contributed by atoms with Crippen LogP contribution in [0.4, 0.5) is 0 Å². The van der Waals surface area contributed by atoms with Crippen molar-refractivity contribution in [3.05, 3.63) is 0 Å². The first kappa shape index (κ1) is 19.7. The first-order valence-corrected chi connectivity index (χ1v) is 4.14. The van der Waals surface area contributed by atoms with E-state index in [1.165, 1.54) is 0 Å². The molecule has 0 aromatic rings. The molecule has 0 radical (unpaired) electrons. The molecule has 0 aliphatic heterocycles. The second-order valence-corrected chi connectivity index (χ2v) is 2.53. The third-order valence-corrected chi connectivity index (χ3v) is 1.19. The van der Waals surface area contributed by atoms with Gasteiger partial charge >= 0.3 is 11.9 Å². The van der Waals surface area contributed by atoms with E-state index in [9.17, 15) is 9.59 Å². The van der Waals surface area contributed by atoms with Crippen LogP contribution in [-0.2, 0) is 9.59 Å². The Kier molecular flexibility index (Phi) is 14.7. The van der Waals surface area contributed by atoms with Crippen LogP contribution in [-0.4, -0.2) is 62.3 Å². The minimum atomic E-state index is -2.27. The van der Waals surface area contributed by atoms with Gasteiger partial charge in [-0.3, -0.25) is 0 Å². The molecule has 9 heteroatoms. The van der Waals surface area contributed by atoms with Gasteiger partial charge in [-0.25, -0.2) is 9.59 Å². The molecule has 0 saturated heterocycles. The molecule has 0 bridgehead atoms. The molecule has 8 nitrogen and oxygen atoms in total. The molecule has 0 amide bonds. The van der Waals surface area contributed by atoms with E-state index < -0.39 is 24.1 Å². The van der Waals surface area contributed by atoms with Gasteiger partial charge in [0.2, 0.25) is 0 Å². The largest absolute Gasteiger partial charge is 0.479 e. The van der Waals surface area contributed by atoms with Crippen LogP contribution in [0.25, 0.3) is 0 Å². The van der Waals surface area contributed by atoms with E-state index in [1.807, 2.05) is 0 Å². The lowest BCUT2D eigenvalue weighted by molar-refractivity contribution is -0.165. The van der Waals surface area contributed by atoms with Crippen LogP contribution < -0.4 is 5.73 Å². The van der Waals surface area contributed by atoms with E-state index in [4.69, 9.17) is 26.2 Å². The maximum Gasteiger partial charge on any atom is 0.335 e. The van der Waals surface area contributed by atoms with E-state index in [0.717, 1.165) is 5.75 Å². The second-order valence-electron chi connectivity index (χ2n) is 2.08. The summed E-state index contributed by atoms with van der Waals surface area (Å²) >= 11 is 3.80. The summed E-state index contributed by atoms with van der Waals surface area (Å²) in [5.41, 5.74) is 4.95. The molecule has 0 aromatic carbocycles. The van der Waals surface area contributed by atoms with Crippen molar-refractivity contribution < 1.29 is 35.5 Å². The highest BCUT2D eigenvalue weighted by molar-refractivity contribution is 7.80. The van der Waals surface area contributed by atoms with E-state index in [-0.39, 0.29) is 5.48 Å². The Bertz CT molecular complexity index is 168. The quantitative estimate of drug-likeness (QED) is 0.285. The molecule has 0 fully saturated rings. The summed E-state index contributed by atoms with van der Waals surface area (Å²) in [6.45, 7) is 0.684. The van der Waals surface area contributed by atoms with Crippen molar-refractivity contribution in [1.82, 2.24) is 0 Å². The summed E-state index contributed by atoms with van der Waals surface area (Å²) in [6.07, 6.45) is -4.53. The number of carbonyl (C=O) groups is 2. The highest BCUT2D eigenvalue weighted by Gasteiger charge is 2.29. The van der Waals surface area contributed by atoms with Gasteiger partial charge in [0.05, 0.1) is 0 Å². The van der Waals surface area contributed by atoms with Gasteiger partial charge in [0.25, 0.3) is 0 Å². The van der Waals surface area contributed by atoms with Crippen LogP contribution in [0.3, 0.4) is 0 Å². The highest BCUT2D eigenvalue weighted by Crippen LogP contribution is 1.92. The van der Waals surface area contributed by atoms with Gasteiger partial charge in [-0.2, -0.15) is 12.6 Å². The molecular weight excluding hydrogens is 230 g/mol. The number of hydrogen-bond acceptors (Lipinski definition) is 6. The zero-order valence-electron chi connectivity index (χ0n) is 7.70. The van der Waals surface area contributed by atoms with Gasteiger partial charge < -0.3 is 31.6 Å². The van der Waals surface area contributed by atoms with Crippen LogP contribution in [0.15, 0.2) is 0 Å². The molecular formula is C6H15NO7S. The standard InChI is InChI=1S/C4H6O6.C2H7NS.H2O/c5-1(3(7)8)2(6)4(9)10;3-1-2-4;/h1-2,5-6H,(H,7,8)(H,9,10);4H,1-3H2;1H2/t1-,2-;;/m1../s1. The van der Waals surface area contributed by atoms with Crippen molar-refractivity contribution in [3.8, 4) is 0 Å². The number of aliphatic carboxylic acids is 2. The SMILES string of the molecule is NCCS.O.O=C(O)[C@H](O)[C@@H](O)C(=O)O. The summed E-state index contributed by atoms with van der Waals surface area (Å²) in [4.78, 5) is 19.5. The highest BCUT2D eigenvalue weighted by atomic mass is 32.1. The molecule has 0 aromatic heterocycles. The van der Waals surface area contributed by atoms with E-state index in [1.54, 1.807) is 0 Å². The van der Waals surface area contributed by atoms with Crippen molar-refractivity contribution in [2.24, 2.45) is 5.73 Å². The zero-order chi connectivity index (χ0) is 11.7. The molecule has 92 valence electrons. The molecule has 15 heavy (non-hydrogen) atoms. The van der Waals surface area contributed by atoms with Crippen LogP contribution in [0, 0.1) is 0 Å². The van der Waals surface area contributed by atoms with Gasteiger partial charge in [0.1, 0.15) is 0 Å². The first-order chi connectivity index (χ1) is 6.38. The zero-order valence-corrected chi connectivity index (χ0v) is 8.59. The maximum atomic E-state index is 9.77. The number of thiol groups is 1. The van der Waals surface area contributed by atoms with Crippen LogP contribution in [0.2, 0.25) is 0 Å². The Morgan fingerprint density at radius 1 is 1.13 bits per heavy atom. The lowest BCUT2D eigenvalue weighted by Crippen LogP contribution is -2.39. The Morgan fingerprint density at radius 2 is 1.33 bits per heavy atom. The number of carboxylic acid groups (broad SMARTS) is 2. The average molecular weight is 245 g/mol. The lowest BCUT2D eigenvalue weighted by atomic mass is 10.2. The smallest absolute Gasteiger partial charge is 0.335 e. The first-order valence-electron chi connectivity index (χ1n) is 3.51. The Balaban J connectivity index is -0.000000249. The Morgan fingerprint density at radius 3 is 1.40 bits per heavy atom. The fourth-order valence-electron chi connectivity index (χ4n) is 0.270. The Hall–Kier alpha value is -0.870. The monoisotopic (exact) mass is 245 g/mol. The summed E-state index contributed by atoms with van der Waals surface area (Å²) in [6, 6.07) is 0. The molecule has 0 unspecified atom stereocenters. The third-order valence-electron chi connectivity index (χ3n) is 0.934. The Labute approximate surface area is 91.0 Å². The number of aliphatic hydroxyl groups excluding tert-OH is 2. The second kappa shape index (κ2) is 11.2. The average Bonchev–Trinajstić information content (AvgIpc) is 2.15. The summed E-state index contributed by atoms with van der Waals surface area (Å²) in [5.74, 6) is -2.75. The third kappa shape index (κ3) is 11.1. The summed E-state index contributed by atoms with van der Waals surface area (Å²) < 4.78 is 0. The number of nitrogens with two attached hydrogens (primary N) is 1. The molecule has 0 heterocycles. The maximum absolute atomic E-state index is 9.77. The summed E-state index contributed by atoms with van der Waals surface area (Å²) in [5, 5.41) is 32.5. The molecule has 0 rings (SSSR count). The molecule has 0 spiro atoms. The number of carboxylic acids is 2. The minimum absolute atomic E-state index is 0. The molecule has 0 aliphatic rings. The van der Waals surface area contributed by atoms with E-state index in [0.29, 0.717) is 6.54 Å². The lowest BCUT2D eigenvalue weighted by Gasteiger charge is -2.07. The normalized spacial score (nSPS) is 12.5. The van der Waals surface area contributed by atoms with Crippen LogP contribution in [0.1, 0.15) is 0 Å². The number of aliphatic hydroxyl groups is 2. The van der Waals surface area contributed by atoms with E-state index in [2.05, 4.69) is 12.6 Å². The van der Waals surface area contributed by atoms with Gasteiger partial charge in [-0.15, -0.1) is 0 Å². The molecule has 2 atom stereocenters. The number of hydrogen-bond donors (Lipinski definition) is 6. The minimum Gasteiger partial charge on any atom is -0.479 e. The predicted octanol–water partition coefficient (Wildman–Crippen LogP) is -3.07. The van der Waals surface area contributed by atoms with Crippen molar-refractivity contribution in [1.29, 1.82) is 0 Å². The number of rotatable bonds is 4. The van der Waals surface area contributed by atoms with E-state index >= 15 is 0 Å². The predicted molar refractivity (Wildman–Crippen MR) is 53.8 cm³/mol. The van der Waals surface area contributed by atoms with Gasteiger partial charge in [0.15, 0.2) is 12.2 Å². The van der Waals surface area contributed by atoms with Crippen LogP contribution >= 0.6 is 12.6 Å². The molecule has 0 saturated carbocycles. The van der Waals surface area contributed by atoms with Crippen molar-refractivity contribution >= 4 is 24.6 Å². The van der Waals surface area contributed by atoms with Gasteiger partial charge in [-0.1, -0.05) is 0 Å². The van der Waals surface area contributed by atoms with Gasteiger partial charge in [-0.05, 0) is 0 Å². The van der Waals surface area contributed by atoms with Crippen molar-refractivity contribution in [2.75, 3.05) is 12.3 Å². The fourth-order valence-corrected chi connectivity index (χ4v) is 0.270.